The molecular weight excluding hydrogens is 255 g/mol. The highest BCUT2D eigenvalue weighted by atomic mass is 19.4. The molecule has 0 atom stereocenters. The molecule has 0 bridgehead atoms. The molecule has 0 aliphatic carbocycles. The Hall–Kier alpha value is -1.57. The lowest BCUT2D eigenvalue weighted by Gasteiger charge is -2.13. The van der Waals surface area contributed by atoms with E-state index in [4.69, 9.17) is 5.41 Å². The molecule has 0 aromatic heterocycles. The van der Waals surface area contributed by atoms with Gasteiger partial charge in [0.25, 0.3) is 0 Å². The van der Waals surface area contributed by atoms with Gasteiger partial charge in [-0.05, 0) is 13.8 Å². The number of nitrogens with one attached hydrogen (secondary N) is 1. The summed E-state index contributed by atoms with van der Waals surface area (Å²) in [5.74, 6) is -2.38. The van der Waals surface area contributed by atoms with Crippen molar-refractivity contribution in [2.75, 3.05) is 19.8 Å². The Morgan fingerprint density at radius 3 is 2.22 bits per heavy atom. The summed E-state index contributed by atoms with van der Waals surface area (Å²) in [5.41, 5.74) is -3.18. The molecule has 0 unspecified atom stereocenters. The van der Waals surface area contributed by atoms with Gasteiger partial charge < -0.3 is 14.6 Å². The zero-order valence-electron chi connectivity index (χ0n) is 9.93. The van der Waals surface area contributed by atoms with Gasteiger partial charge in [-0.2, -0.15) is 13.2 Å². The van der Waals surface area contributed by atoms with E-state index in [1.165, 1.54) is 6.92 Å². The number of ether oxygens (including phenoxy) is 2. The predicted octanol–water partition coefficient (Wildman–Crippen LogP) is 1.98. The van der Waals surface area contributed by atoms with Crippen molar-refractivity contribution in [3.63, 3.8) is 0 Å². The van der Waals surface area contributed by atoms with Gasteiger partial charge in [-0.3, -0.25) is 5.41 Å². The third-order valence-electron chi connectivity index (χ3n) is 1.74. The first kappa shape index (κ1) is 16.4. The lowest BCUT2D eigenvalue weighted by atomic mass is 10.1. The zero-order valence-corrected chi connectivity index (χ0v) is 9.93. The predicted molar refractivity (Wildman–Crippen MR) is 56.6 cm³/mol. The van der Waals surface area contributed by atoms with E-state index in [2.05, 4.69) is 9.47 Å². The van der Waals surface area contributed by atoms with Gasteiger partial charge in [-0.15, -0.1) is 0 Å². The van der Waals surface area contributed by atoms with Crippen LogP contribution in [-0.4, -0.2) is 42.8 Å². The first-order valence-electron chi connectivity index (χ1n) is 5.08. The smallest absolute Gasteiger partial charge is 0.433 e. The summed E-state index contributed by atoms with van der Waals surface area (Å²) in [7, 11) is 0. The van der Waals surface area contributed by atoms with Gasteiger partial charge in [-0.1, -0.05) is 0 Å². The van der Waals surface area contributed by atoms with Crippen LogP contribution in [0.25, 0.3) is 0 Å². The van der Waals surface area contributed by atoms with E-state index < -0.39 is 35.8 Å². The van der Waals surface area contributed by atoms with Crippen LogP contribution in [0, 0.1) is 5.41 Å². The van der Waals surface area contributed by atoms with Gasteiger partial charge in [0.15, 0.2) is 5.71 Å². The molecule has 8 heteroatoms. The number of hydrogen-bond acceptors (Lipinski definition) is 5. The average Bonchev–Trinajstić information content (AvgIpc) is 2.25. The molecule has 0 fully saturated rings. The topological polar surface area (TPSA) is 79.6 Å². The fourth-order valence-electron chi connectivity index (χ4n) is 0.980. The molecule has 18 heavy (non-hydrogen) atoms. The molecule has 5 nitrogen and oxygen atoms in total. The molecule has 104 valence electrons. The molecule has 0 spiro atoms. The van der Waals surface area contributed by atoms with Crippen molar-refractivity contribution in [3.8, 4) is 0 Å². The maximum absolute atomic E-state index is 12.4. The van der Waals surface area contributed by atoms with Crippen LogP contribution in [0.1, 0.15) is 13.8 Å². The van der Waals surface area contributed by atoms with Gasteiger partial charge >= 0.3 is 12.1 Å². The SMILES string of the molecule is CCOC/C(O)=C(/C(=N)C(F)(F)F)C(=O)OCC. The minimum atomic E-state index is -5.05. The summed E-state index contributed by atoms with van der Waals surface area (Å²) >= 11 is 0. The Labute approximate surface area is 102 Å². The van der Waals surface area contributed by atoms with Crippen molar-refractivity contribution < 1.29 is 32.5 Å². The van der Waals surface area contributed by atoms with Gasteiger partial charge in [-0.25, -0.2) is 4.79 Å². The van der Waals surface area contributed by atoms with Gasteiger partial charge in [0.2, 0.25) is 0 Å². The molecule has 2 N–H and O–H groups in total. The van der Waals surface area contributed by atoms with Crippen LogP contribution in [0.3, 0.4) is 0 Å². The summed E-state index contributed by atoms with van der Waals surface area (Å²) in [5, 5.41) is 16.3. The van der Waals surface area contributed by atoms with Crippen LogP contribution in [0.2, 0.25) is 0 Å². The Bertz CT molecular complexity index is 350. The molecule has 0 aliphatic heterocycles. The first-order valence-corrected chi connectivity index (χ1v) is 5.08. The summed E-state index contributed by atoms with van der Waals surface area (Å²) in [4.78, 5) is 11.3. The van der Waals surface area contributed by atoms with Crippen LogP contribution < -0.4 is 0 Å². The van der Waals surface area contributed by atoms with E-state index in [1.54, 1.807) is 6.92 Å². The van der Waals surface area contributed by atoms with Crippen molar-refractivity contribution in [1.82, 2.24) is 0 Å². The van der Waals surface area contributed by atoms with Crippen LogP contribution in [0.5, 0.6) is 0 Å². The van der Waals surface area contributed by atoms with E-state index >= 15 is 0 Å². The number of aliphatic hydroxyl groups excluding tert-OH is 1. The van der Waals surface area contributed by atoms with Crippen LogP contribution in [-0.2, 0) is 14.3 Å². The second-order valence-electron chi connectivity index (χ2n) is 3.05. The third-order valence-corrected chi connectivity index (χ3v) is 1.74. The maximum Gasteiger partial charge on any atom is 0.433 e. The number of halogens is 3. The van der Waals surface area contributed by atoms with E-state index in [1.807, 2.05) is 0 Å². The molecule has 0 rings (SSSR count). The van der Waals surface area contributed by atoms with Crippen molar-refractivity contribution in [3.05, 3.63) is 11.3 Å². The summed E-state index contributed by atoms with van der Waals surface area (Å²) in [6.07, 6.45) is -5.05. The van der Waals surface area contributed by atoms with Crippen molar-refractivity contribution in [2.24, 2.45) is 0 Å². The van der Waals surface area contributed by atoms with Crippen LogP contribution >= 0.6 is 0 Å². The Morgan fingerprint density at radius 2 is 1.83 bits per heavy atom. The summed E-state index contributed by atoms with van der Waals surface area (Å²) in [6.45, 7) is 2.33. The number of alkyl halides is 3. The second-order valence-corrected chi connectivity index (χ2v) is 3.05. The van der Waals surface area contributed by atoms with Crippen molar-refractivity contribution in [2.45, 2.75) is 20.0 Å². The first-order chi connectivity index (χ1) is 8.25. The Morgan fingerprint density at radius 1 is 1.28 bits per heavy atom. The fourth-order valence-corrected chi connectivity index (χ4v) is 0.980. The van der Waals surface area contributed by atoms with Gasteiger partial charge in [0.1, 0.15) is 17.9 Å². The highest BCUT2D eigenvalue weighted by Crippen LogP contribution is 2.23. The molecule has 0 aromatic rings. The minimum Gasteiger partial charge on any atom is -0.509 e. The number of esters is 1. The van der Waals surface area contributed by atoms with Crippen molar-refractivity contribution in [1.29, 1.82) is 5.41 Å². The molecule has 0 saturated carbocycles. The third kappa shape index (κ3) is 4.74. The quantitative estimate of drug-likeness (QED) is 0.334. The fraction of sp³-hybridized carbons (Fsp3) is 0.600. The van der Waals surface area contributed by atoms with E-state index in [0.717, 1.165) is 0 Å². The average molecular weight is 269 g/mol. The number of carbonyl (C=O) groups excluding carboxylic acids is 1. The van der Waals surface area contributed by atoms with Crippen LogP contribution in [0.15, 0.2) is 11.3 Å². The standard InChI is InChI=1S/C10H14F3NO4/c1-3-17-5-6(15)7(9(16)18-4-2)8(14)10(11,12)13/h14-15H,3-5H2,1-2H3/b7-6+,14-8?. The number of hydrogen-bond donors (Lipinski definition) is 2. The minimum absolute atomic E-state index is 0.138. The largest absolute Gasteiger partial charge is 0.509 e. The van der Waals surface area contributed by atoms with E-state index in [0.29, 0.717) is 0 Å². The number of aliphatic hydroxyl groups is 1. The molecule has 0 saturated heterocycles. The van der Waals surface area contributed by atoms with Gasteiger partial charge in [0.05, 0.1) is 6.61 Å². The molecule has 0 radical (unpaired) electrons. The molecule has 0 heterocycles. The zero-order chi connectivity index (χ0) is 14.3. The Kier molecular flexibility index (Phi) is 6.39. The molecule has 0 aliphatic rings. The van der Waals surface area contributed by atoms with Crippen molar-refractivity contribution >= 4 is 11.7 Å². The lowest BCUT2D eigenvalue weighted by molar-refractivity contribution is -0.138. The molecule has 0 aromatic carbocycles. The molecule has 0 amide bonds. The lowest BCUT2D eigenvalue weighted by Crippen LogP contribution is -2.30. The maximum atomic E-state index is 12.4. The summed E-state index contributed by atoms with van der Waals surface area (Å²) < 4.78 is 46.1. The van der Waals surface area contributed by atoms with E-state index in [-0.39, 0.29) is 13.2 Å². The second kappa shape index (κ2) is 7.00. The molecular formula is C10H14F3NO4. The Balaban J connectivity index is 5.30. The highest BCUT2D eigenvalue weighted by molar-refractivity contribution is 6.21. The number of rotatable bonds is 6. The highest BCUT2D eigenvalue weighted by Gasteiger charge is 2.41. The van der Waals surface area contributed by atoms with E-state index in [9.17, 15) is 23.1 Å². The monoisotopic (exact) mass is 269 g/mol. The van der Waals surface area contributed by atoms with Gasteiger partial charge in [0, 0.05) is 6.61 Å². The van der Waals surface area contributed by atoms with Crippen LogP contribution in [0.4, 0.5) is 13.2 Å². The number of carbonyl (C=O) groups is 1. The summed E-state index contributed by atoms with van der Waals surface area (Å²) in [6, 6.07) is 0. The normalized spacial score (nSPS) is 12.9.